The lowest BCUT2D eigenvalue weighted by molar-refractivity contribution is 0.794. The Balaban J connectivity index is 1.06. The molecular weight excluding hydrogens is 665 g/mol. The van der Waals surface area contributed by atoms with Gasteiger partial charge in [0.1, 0.15) is 0 Å². The fourth-order valence-corrected chi connectivity index (χ4v) is 9.70. The van der Waals surface area contributed by atoms with Gasteiger partial charge in [-0.05, 0) is 108 Å². The molecule has 0 fully saturated rings. The molecule has 55 heavy (non-hydrogen) atoms. The van der Waals surface area contributed by atoms with Crippen molar-refractivity contribution in [3.05, 3.63) is 216 Å². The Hall–Kier alpha value is -7.16. The highest BCUT2D eigenvalue weighted by molar-refractivity contribution is 6.04. The summed E-state index contributed by atoms with van der Waals surface area (Å²) in [5.74, 6) is 0.740. The molecule has 0 aliphatic heterocycles. The molecule has 10 aromatic rings. The largest absolute Gasteiger partial charge is 0.228 e. The minimum atomic E-state index is -0.419. The van der Waals surface area contributed by atoms with Crippen LogP contribution in [0.4, 0.5) is 0 Å². The monoisotopic (exact) mass is 696 g/mol. The molecule has 0 saturated heterocycles. The fraction of sp³-hybridized carbons (Fsp3) is 0.0189. The van der Waals surface area contributed by atoms with Crippen LogP contribution in [0.1, 0.15) is 22.3 Å². The number of benzene rings is 9. The second kappa shape index (κ2) is 11.4. The van der Waals surface area contributed by atoms with Gasteiger partial charge in [-0.25, -0.2) is 9.97 Å². The maximum atomic E-state index is 5.50. The lowest BCUT2D eigenvalue weighted by Crippen LogP contribution is -2.25. The number of para-hydroxylation sites is 1. The Kier molecular flexibility index (Phi) is 6.29. The van der Waals surface area contributed by atoms with Gasteiger partial charge < -0.3 is 0 Å². The minimum Gasteiger partial charge on any atom is -0.228 e. The summed E-state index contributed by atoms with van der Waals surface area (Å²) < 4.78 is 0. The van der Waals surface area contributed by atoms with Gasteiger partial charge in [-0.15, -0.1) is 0 Å². The third-order valence-corrected chi connectivity index (χ3v) is 12.0. The predicted octanol–water partition coefficient (Wildman–Crippen LogP) is 13.3. The Labute approximate surface area is 319 Å². The first-order valence-electron chi connectivity index (χ1n) is 19.0. The van der Waals surface area contributed by atoms with Gasteiger partial charge in [0.2, 0.25) is 0 Å². The predicted molar refractivity (Wildman–Crippen MR) is 227 cm³/mol. The molecule has 0 amide bonds. The Morgan fingerprint density at radius 3 is 1.60 bits per heavy atom. The molecule has 0 saturated carbocycles. The first-order chi connectivity index (χ1) is 27.3. The maximum absolute atomic E-state index is 5.50. The molecule has 9 aromatic carbocycles. The number of nitrogens with zero attached hydrogens (tertiary/aromatic N) is 2. The molecule has 1 aromatic heterocycles. The highest BCUT2D eigenvalue weighted by atomic mass is 14.9. The van der Waals surface area contributed by atoms with E-state index in [9.17, 15) is 0 Å². The van der Waals surface area contributed by atoms with Crippen molar-refractivity contribution in [2.45, 2.75) is 5.41 Å². The molecule has 0 unspecified atom stereocenters. The molecule has 2 heteroatoms. The summed E-state index contributed by atoms with van der Waals surface area (Å²) in [7, 11) is 0. The van der Waals surface area contributed by atoms with E-state index in [-0.39, 0.29) is 0 Å². The van der Waals surface area contributed by atoms with Crippen LogP contribution in [-0.4, -0.2) is 9.97 Å². The first kappa shape index (κ1) is 30.3. The van der Waals surface area contributed by atoms with Gasteiger partial charge in [-0.3, -0.25) is 0 Å². The zero-order chi connectivity index (χ0) is 36.1. The number of fused-ring (bicyclic) bond motifs is 13. The summed E-state index contributed by atoms with van der Waals surface area (Å²) in [6, 6.07) is 70.8. The van der Waals surface area contributed by atoms with Crippen molar-refractivity contribution in [1.82, 2.24) is 9.97 Å². The molecular formula is C53H32N2. The number of hydrogen-bond donors (Lipinski definition) is 0. The van der Waals surface area contributed by atoms with E-state index in [4.69, 9.17) is 9.97 Å². The summed E-state index contributed by atoms with van der Waals surface area (Å²) in [5, 5.41) is 5.90. The summed E-state index contributed by atoms with van der Waals surface area (Å²) in [5.41, 5.74) is 16.4. The van der Waals surface area contributed by atoms with Crippen molar-refractivity contribution < 1.29 is 0 Å². The maximum Gasteiger partial charge on any atom is 0.161 e. The quantitative estimate of drug-likeness (QED) is 0.172. The lowest BCUT2D eigenvalue weighted by Gasteiger charge is -2.30. The SMILES string of the molecule is c1ccc(-c2ccc3cc4cc(-c5nc(-c6cccc7c6-c6ccccc6C76c7ccccc7-c7ccccc76)nc6ccccc56)ccc4cc3c2)cc1. The van der Waals surface area contributed by atoms with Crippen molar-refractivity contribution in [2.75, 3.05) is 0 Å². The molecule has 254 valence electrons. The van der Waals surface area contributed by atoms with Gasteiger partial charge >= 0.3 is 0 Å². The van der Waals surface area contributed by atoms with E-state index in [0.717, 1.165) is 33.5 Å². The smallest absolute Gasteiger partial charge is 0.161 e. The van der Waals surface area contributed by atoms with Gasteiger partial charge in [0, 0.05) is 16.5 Å². The average Bonchev–Trinajstić information content (AvgIpc) is 3.73. The number of rotatable bonds is 3. The Morgan fingerprint density at radius 2 is 0.873 bits per heavy atom. The summed E-state index contributed by atoms with van der Waals surface area (Å²) in [6.07, 6.45) is 0. The van der Waals surface area contributed by atoms with Crippen molar-refractivity contribution in [1.29, 1.82) is 0 Å². The van der Waals surface area contributed by atoms with Gasteiger partial charge in [-0.1, -0.05) is 164 Å². The lowest BCUT2D eigenvalue weighted by atomic mass is 9.70. The zero-order valence-electron chi connectivity index (χ0n) is 29.9. The van der Waals surface area contributed by atoms with E-state index in [2.05, 4.69) is 194 Å². The second-order valence-corrected chi connectivity index (χ2v) is 14.9. The molecule has 0 atom stereocenters. The van der Waals surface area contributed by atoms with Crippen molar-refractivity contribution in [3.63, 3.8) is 0 Å². The van der Waals surface area contributed by atoms with Crippen LogP contribution in [0.5, 0.6) is 0 Å². The third-order valence-electron chi connectivity index (χ3n) is 12.0. The first-order valence-corrected chi connectivity index (χ1v) is 19.0. The van der Waals surface area contributed by atoms with Crippen LogP contribution in [0, 0.1) is 0 Å². The van der Waals surface area contributed by atoms with E-state index in [1.54, 1.807) is 0 Å². The van der Waals surface area contributed by atoms with E-state index in [0.29, 0.717) is 0 Å². The molecule has 2 aliphatic rings. The highest BCUT2D eigenvalue weighted by Gasteiger charge is 2.52. The standard InChI is InChI=1S/C53H32N2/c1-2-13-33(14-3-1)34-25-26-35-31-39-32-37(28-27-36(39)30-38(35)29-34)51-43-18-7-11-24-49(43)54-52(55-51)44-19-12-23-48-50(44)42-17-6-10-22-47(42)53(48)45-20-8-4-15-40(45)41-16-5-9-21-46(41)53/h1-32H. The molecule has 12 rings (SSSR count). The topological polar surface area (TPSA) is 25.8 Å². The number of aromatic nitrogens is 2. The van der Waals surface area contributed by atoms with Gasteiger partial charge in [0.25, 0.3) is 0 Å². The molecule has 1 heterocycles. The fourth-order valence-electron chi connectivity index (χ4n) is 9.70. The van der Waals surface area contributed by atoms with Crippen molar-refractivity contribution >= 4 is 32.4 Å². The summed E-state index contributed by atoms with van der Waals surface area (Å²) >= 11 is 0. The van der Waals surface area contributed by atoms with E-state index < -0.39 is 5.41 Å². The summed E-state index contributed by atoms with van der Waals surface area (Å²) in [4.78, 5) is 10.8. The van der Waals surface area contributed by atoms with Gasteiger partial charge in [-0.2, -0.15) is 0 Å². The molecule has 0 N–H and O–H groups in total. The van der Waals surface area contributed by atoms with Crippen molar-refractivity contribution in [3.8, 4) is 56.0 Å². The van der Waals surface area contributed by atoms with Crippen LogP contribution in [-0.2, 0) is 5.41 Å². The molecule has 0 bridgehead atoms. The van der Waals surface area contributed by atoms with Crippen LogP contribution >= 0.6 is 0 Å². The Morgan fingerprint density at radius 1 is 0.327 bits per heavy atom. The van der Waals surface area contributed by atoms with E-state index >= 15 is 0 Å². The van der Waals surface area contributed by atoms with Crippen LogP contribution in [0.25, 0.3) is 88.5 Å². The average molecular weight is 697 g/mol. The minimum absolute atomic E-state index is 0.419. The van der Waals surface area contributed by atoms with Gasteiger partial charge in [0.05, 0.1) is 16.6 Å². The molecule has 0 radical (unpaired) electrons. The van der Waals surface area contributed by atoms with E-state index in [1.165, 1.54) is 77.2 Å². The normalized spacial score (nSPS) is 13.2. The second-order valence-electron chi connectivity index (χ2n) is 14.9. The van der Waals surface area contributed by atoms with Crippen LogP contribution < -0.4 is 0 Å². The van der Waals surface area contributed by atoms with Crippen LogP contribution in [0.2, 0.25) is 0 Å². The van der Waals surface area contributed by atoms with Crippen LogP contribution in [0.3, 0.4) is 0 Å². The molecule has 2 aliphatic carbocycles. The van der Waals surface area contributed by atoms with Crippen LogP contribution in [0.15, 0.2) is 194 Å². The molecule has 1 spiro atoms. The molecule has 2 nitrogen and oxygen atoms in total. The zero-order valence-corrected chi connectivity index (χ0v) is 29.9. The summed E-state index contributed by atoms with van der Waals surface area (Å²) in [6.45, 7) is 0. The van der Waals surface area contributed by atoms with E-state index in [1.807, 2.05) is 0 Å². The highest BCUT2D eigenvalue weighted by Crippen LogP contribution is 2.63. The third kappa shape index (κ3) is 4.25. The van der Waals surface area contributed by atoms with Gasteiger partial charge in [0.15, 0.2) is 5.82 Å². The number of hydrogen-bond acceptors (Lipinski definition) is 2. The Bertz CT molecular complexity index is 3170. The van der Waals surface area contributed by atoms with Crippen molar-refractivity contribution in [2.24, 2.45) is 0 Å².